The molecule has 6 heteroatoms. The Morgan fingerprint density at radius 1 is 1.08 bits per heavy atom. The minimum Gasteiger partial charge on any atom is -0.339 e. The van der Waals surface area contributed by atoms with Crippen LogP contribution < -0.4 is 5.32 Å². The Kier molecular flexibility index (Phi) is 5.28. The van der Waals surface area contributed by atoms with Gasteiger partial charge in [-0.3, -0.25) is 4.79 Å². The first-order valence-electron chi connectivity index (χ1n) is 8.75. The van der Waals surface area contributed by atoms with Gasteiger partial charge in [0.1, 0.15) is 11.5 Å². The number of para-hydroxylation sites is 1. The zero-order valence-electron chi connectivity index (χ0n) is 15.1. The third kappa shape index (κ3) is 3.96. The fourth-order valence-electron chi connectivity index (χ4n) is 3.07. The van der Waals surface area contributed by atoms with E-state index in [1.165, 1.54) is 0 Å². The molecule has 3 rings (SSSR count). The highest BCUT2D eigenvalue weighted by Gasteiger charge is 2.22. The van der Waals surface area contributed by atoms with Gasteiger partial charge in [0.05, 0.1) is 12.4 Å². The van der Waals surface area contributed by atoms with E-state index in [0.717, 1.165) is 49.5 Å². The van der Waals surface area contributed by atoms with Crippen molar-refractivity contribution < 1.29 is 4.79 Å². The lowest BCUT2D eigenvalue weighted by Crippen LogP contribution is -2.48. The maximum atomic E-state index is 12.6. The fraction of sp³-hybridized carbons (Fsp3) is 0.421. The smallest absolute Gasteiger partial charge is 0.274 e. The quantitative estimate of drug-likeness (QED) is 0.928. The van der Waals surface area contributed by atoms with Crippen molar-refractivity contribution in [2.24, 2.45) is 0 Å². The molecule has 25 heavy (non-hydrogen) atoms. The number of likely N-dealkylation sites (N-methyl/N-ethyl adjacent to an activating group) is 1. The number of hydrogen-bond donors (Lipinski definition) is 1. The Morgan fingerprint density at radius 2 is 1.76 bits per heavy atom. The zero-order chi connectivity index (χ0) is 17.8. The molecule has 6 nitrogen and oxygen atoms in total. The van der Waals surface area contributed by atoms with E-state index >= 15 is 0 Å². The first-order valence-corrected chi connectivity index (χ1v) is 8.75. The van der Waals surface area contributed by atoms with E-state index in [0.29, 0.717) is 11.5 Å². The molecule has 132 valence electrons. The Morgan fingerprint density at radius 3 is 2.32 bits per heavy atom. The van der Waals surface area contributed by atoms with Gasteiger partial charge in [0.25, 0.3) is 5.91 Å². The monoisotopic (exact) mass is 339 g/mol. The van der Waals surface area contributed by atoms with Crippen LogP contribution in [0.3, 0.4) is 0 Å². The second kappa shape index (κ2) is 7.61. The number of hydrogen-bond acceptors (Lipinski definition) is 5. The summed E-state index contributed by atoms with van der Waals surface area (Å²) in [7, 11) is 0. The van der Waals surface area contributed by atoms with Crippen LogP contribution in [-0.2, 0) is 0 Å². The number of nitrogens with one attached hydrogen (secondary N) is 1. The summed E-state index contributed by atoms with van der Waals surface area (Å²) in [6.45, 7) is 10.6. The molecular formula is C19H25N5O. The van der Waals surface area contributed by atoms with Gasteiger partial charge in [-0.1, -0.05) is 25.1 Å². The van der Waals surface area contributed by atoms with Crippen molar-refractivity contribution in [1.82, 2.24) is 19.8 Å². The second-order valence-electron chi connectivity index (χ2n) is 6.41. The largest absolute Gasteiger partial charge is 0.339 e. The summed E-state index contributed by atoms with van der Waals surface area (Å²) in [5, 5.41) is 3.29. The lowest BCUT2D eigenvalue weighted by Gasteiger charge is -2.33. The van der Waals surface area contributed by atoms with Gasteiger partial charge >= 0.3 is 0 Å². The average molecular weight is 339 g/mol. The Bertz CT molecular complexity index is 716. The standard InChI is InChI=1S/C19H25N5O/c1-4-23-8-10-24(11-9-23)19(25)16-12-21-17(13-20-16)22-18-14(2)6-5-7-15(18)3/h5-7,12-13H,4,8-11H2,1-3H3,(H,21,22). The Hall–Kier alpha value is -2.47. The SMILES string of the molecule is CCN1CCN(C(=O)c2cnc(Nc3c(C)cccc3C)cn2)CC1. The fourth-order valence-corrected chi connectivity index (χ4v) is 3.07. The van der Waals surface area contributed by atoms with Crippen LogP contribution in [0.5, 0.6) is 0 Å². The van der Waals surface area contributed by atoms with Crippen molar-refractivity contribution in [2.45, 2.75) is 20.8 Å². The van der Waals surface area contributed by atoms with Crippen molar-refractivity contribution in [3.63, 3.8) is 0 Å². The number of nitrogens with zero attached hydrogens (tertiary/aromatic N) is 4. The summed E-state index contributed by atoms with van der Waals surface area (Å²) in [6, 6.07) is 6.13. The van der Waals surface area contributed by atoms with E-state index in [1.54, 1.807) is 12.4 Å². The van der Waals surface area contributed by atoms with Crippen LogP contribution in [0.25, 0.3) is 0 Å². The highest BCUT2D eigenvalue weighted by molar-refractivity contribution is 5.92. The summed E-state index contributed by atoms with van der Waals surface area (Å²) in [5.74, 6) is 0.603. The van der Waals surface area contributed by atoms with Gasteiger partial charge in [-0.2, -0.15) is 0 Å². The van der Waals surface area contributed by atoms with Gasteiger partial charge in [-0.25, -0.2) is 9.97 Å². The molecule has 0 spiro atoms. The number of piperazine rings is 1. The molecule has 0 radical (unpaired) electrons. The number of anilines is 2. The first kappa shape index (κ1) is 17.4. The summed E-state index contributed by atoms with van der Waals surface area (Å²) in [6.07, 6.45) is 3.19. The van der Waals surface area contributed by atoms with Gasteiger partial charge in [-0.15, -0.1) is 0 Å². The van der Waals surface area contributed by atoms with Gasteiger partial charge in [0, 0.05) is 31.9 Å². The van der Waals surface area contributed by atoms with Crippen LogP contribution in [-0.4, -0.2) is 58.4 Å². The van der Waals surface area contributed by atoms with Crippen molar-refractivity contribution >= 4 is 17.4 Å². The number of amides is 1. The number of aromatic nitrogens is 2. The lowest BCUT2D eigenvalue weighted by molar-refractivity contribution is 0.0637. The predicted octanol–water partition coefficient (Wildman–Crippen LogP) is 2.61. The summed E-state index contributed by atoms with van der Waals surface area (Å²) >= 11 is 0. The molecule has 1 N–H and O–H groups in total. The van der Waals surface area contributed by atoms with Crippen molar-refractivity contribution in [2.75, 3.05) is 38.0 Å². The third-order valence-corrected chi connectivity index (χ3v) is 4.71. The molecule has 1 aliphatic heterocycles. The maximum absolute atomic E-state index is 12.6. The summed E-state index contributed by atoms with van der Waals surface area (Å²) in [4.78, 5) is 25.4. The number of benzene rings is 1. The van der Waals surface area contributed by atoms with E-state index in [2.05, 4.69) is 53.1 Å². The molecule has 0 unspecified atom stereocenters. The normalized spacial score (nSPS) is 15.2. The number of carbonyl (C=O) groups is 1. The third-order valence-electron chi connectivity index (χ3n) is 4.71. The molecule has 1 aliphatic rings. The van der Waals surface area contributed by atoms with Gasteiger partial charge in [0.2, 0.25) is 0 Å². The maximum Gasteiger partial charge on any atom is 0.274 e. The minimum absolute atomic E-state index is 0.0399. The highest BCUT2D eigenvalue weighted by atomic mass is 16.2. The predicted molar refractivity (Wildman–Crippen MR) is 99.2 cm³/mol. The Balaban J connectivity index is 1.67. The summed E-state index contributed by atoms with van der Waals surface area (Å²) in [5.41, 5.74) is 3.73. The highest BCUT2D eigenvalue weighted by Crippen LogP contribution is 2.22. The molecule has 1 fully saturated rings. The summed E-state index contributed by atoms with van der Waals surface area (Å²) < 4.78 is 0. The average Bonchev–Trinajstić information content (AvgIpc) is 2.65. The number of carbonyl (C=O) groups excluding carboxylic acids is 1. The zero-order valence-corrected chi connectivity index (χ0v) is 15.1. The van der Waals surface area contributed by atoms with E-state index in [4.69, 9.17) is 0 Å². The van der Waals surface area contributed by atoms with Crippen LogP contribution in [0.15, 0.2) is 30.6 Å². The molecule has 1 amide bonds. The number of aryl methyl sites for hydroxylation is 2. The van der Waals surface area contributed by atoms with Crippen LogP contribution >= 0.6 is 0 Å². The van der Waals surface area contributed by atoms with Crippen LogP contribution in [0.4, 0.5) is 11.5 Å². The molecule has 2 heterocycles. The van der Waals surface area contributed by atoms with E-state index < -0.39 is 0 Å². The molecule has 0 aliphatic carbocycles. The van der Waals surface area contributed by atoms with Crippen LogP contribution in [0, 0.1) is 13.8 Å². The molecule has 0 bridgehead atoms. The molecule has 1 aromatic carbocycles. The van der Waals surface area contributed by atoms with Crippen molar-refractivity contribution in [1.29, 1.82) is 0 Å². The van der Waals surface area contributed by atoms with Crippen LogP contribution in [0.1, 0.15) is 28.5 Å². The second-order valence-corrected chi connectivity index (χ2v) is 6.41. The van der Waals surface area contributed by atoms with Crippen molar-refractivity contribution in [3.05, 3.63) is 47.4 Å². The van der Waals surface area contributed by atoms with Crippen LogP contribution in [0.2, 0.25) is 0 Å². The van der Waals surface area contributed by atoms with E-state index in [9.17, 15) is 4.79 Å². The molecule has 2 aromatic rings. The molecule has 1 aromatic heterocycles. The van der Waals surface area contributed by atoms with Gasteiger partial charge in [0.15, 0.2) is 0 Å². The Labute approximate surface area is 148 Å². The topological polar surface area (TPSA) is 61.4 Å². The van der Waals surface area contributed by atoms with Gasteiger partial charge in [-0.05, 0) is 31.5 Å². The number of rotatable bonds is 4. The van der Waals surface area contributed by atoms with Crippen molar-refractivity contribution in [3.8, 4) is 0 Å². The minimum atomic E-state index is -0.0399. The first-order chi connectivity index (χ1) is 12.1. The molecule has 1 saturated heterocycles. The molecule has 0 saturated carbocycles. The van der Waals surface area contributed by atoms with E-state index in [1.807, 2.05) is 11.0 Å². The van der Waals surface area contributed by atoms with E-state index in [-0.39, 0.29) is 5.91 Å². The lowest BCUT2D eigenvalue weighted by atomic mass is 10.1. The molecule has 0 atom stereocenters. The van der Waals surface area contributed by atoms with Gasteiger partial charge < -0.3 is 15.1 Å². The molecular weight excluding hydrogens is 314 g/mol.